The molecule has 0 spiro atoms. The topological polar surface area (TPSA) is 57.8 Å². The fourth-order valence-electron chi connectivity index (χ4n) is 0.203. The predicted octanol–water partition coefficient (Wildman–Crippen LogP) is -0.411. The van der Waals surface area contributed by atoms with Gasteiger partial charge in [0.1, 0.15) is 0 Å². The Morgan fingerprint density at radius 1 is 1.75 bits per heavy atom. The second kappa shape index (κ2) is 10.2. The van der Waals surface area contributed by atoms with E-state index in [1.54, 1.807) is 6.92 Å². The number of carbonyl (C=O) groups is 1. The van der Waals surface area contributed by atoms with E-state index in [-0.39, 0.29) is 37.4 Å². The quantitative estimate of drug-likeness (QED) is 0.360. The van der Waals surface area contributed by atoms with Crippen LogP contribution < -0.4 is 0 Å². The van der Waals surface area contributed by atoms with Crippen molar-refractivity contribution in [2.75, 3.05) is 6.61 Å². The second-order valence-electron chi connectivity index (χ2n) is 0.925. The molecular formula is C4H12MgO3. The number of carbonyl (C=O) groups excluding carboxylic acids is 1. The maximum atomic E-state index is 9.82. The summed E-state index contributed by atoms with van der Waals surface area (Å²) in [5, 5.41) is 0. The molecule has 0 fully saturated rings. The molecule has 0 bridgehead atoms. The minimum absolute atomic E-state index is 0. The molecular weight excluding hydrogens is 120 g/mol. The maximum absolute atomic E-state index is 9.82. The Bertz CT molecular complexity index is 62.5. The van der Waals surface area contributed by atoms with Crippen molar-refractivity contribution in [2.45, 2.75) is 13.8 Å². The monoisotopic (exact) mass is 132 g/mol. The Hall–Kier alpha value is 0.196. The molecule has 48 valence electrons. The van der Waals surface area contributed by atoms with E-state index in [0.29, 0.717) is 6.61 Å². The number of esters is 1. The third-order valence-electron chi connectivity index (χ3n) is 0.348. The van der Waals surface area contributed by atoms with Gasteiger partial charge in [0.05, 0.1) is 6.61 Å². The van der Waals surface area contributed by atoms with E-state index in [1.165, 1.54) is 6.92 Å². The van der Waals surface area contributed by atoms with Gasteiger partial charge in [0.15, 0.2) is 0 Å². The minimum Gasteiger partial charge on any atom is -1.00 e. The van der Waals surface area contributed by atoms with Gasteiger partial charge in [-0.15, -0.1) is 0 Å². The zero-order valence-corrected chi connectivity index (χ0v) is 6.64. The molecule has 0 aliphatic carbocycles. The smallest absolute Gasteiger partial charge is 1.00 e. The van der Waals surface area contributed by atoms with E-state index >= 15 is 0 Å². The molecule has 0 heterocycles. The summed E-state index contributed by atoms with van der Waals surface area (Å²) in [5.41, 5.74) is 0. The second-order valence-corrected chi connectivity index (χ2v) is 0.925. The van der Waals surface area contributed by atoms with Crippen molar-refractivity contribution in [3.8, 4) is 0 Å². The van der Waals surface area contributed by atoms with Crippen molar-refractivity contribution in [3.63, 3.8) is 0 Å². The van der Waals surface area contributed by atoms with Crippen molar-refractivity contribution in [1.29, 1.82) is 0 Å². The molecule has 8 heavy (non-hydrogen) atoms. The minimum atomic E-state index is -0.211. The summed E-state index contributed by atoms with van der Waals surface area (Å²) in [6.45, 7) is 3.65. The molecule has 3 nitrogen and oxygen atoms in total. The summed E-state index contributed by atoms with van der Waals surface area (Å²) in [7, 11) is 0. The van der Waals surface area contributed by atoms with Crippen molar-refractivity contribution in [1.82, 2.24) is 0 Å². The van der Waals surface area contributed by atoms with Crippen molar-refractivity contribution < 1.29 is 17.9 Å². The van der Waals surface area contributed by atoms with Gasteiger partial charge in [-0.25, -0.2) is 0 Å². The predicted molar refractivity (Wildman–Crippen MR) is 33.9 cm³/mol. The largest absolute Gasteiger partial charge is 2.00 e. The summed E-state index contributed by atoms with van der Waals surface area (Å²) >= 11 is 0. The van der Waals surface area contributed by atoms with E-state index < -0.39 is 0 Å². The average Bonchev–Trinajstić information content (AvgIpc) is 1.35. The van der Waals surface area contributed by atoms with E-state index in [2.05, 4.69) is 4.74 Å². The zero-order chi connectivity index (χ0) is 4.99. The molecule has 0 aromatic rings. The number of ether oxygens (including phenoxy) is 1. The van der Waals surface area contributed by atoms with Gasteiger partial charge in [0.2, 0.25) is 0 Å². The van der Waals surface area contributed by atoms with Crippen LogP contribution in [0.15, 0.2) is 0 Å². The van der Waals surface area contributed by atoms with E-state index in [4.69, 9.17) is 0 Å². The van der Waals surface area contributed by atoms with Crippen molar-refractivity contribution >= 4 is 29.0 Å². The van der Waals surface area contributed by atoms with Gasteiger partial charge in [-0.3, -0.25) is 4.79 Å². The summed E-state index contributed by atoms with van der Waals surface area (Å²) in [6.07, 6.45) is 0. The van der Waals surface area contributed by atoms with E-state index in [1.807, 2.05) is 0 Å². The fraction of sp³-hybridized carbons (Fsp3) is 0.750. The first-order chi connectivity index (χ1) is 2.77. The molecule has 4 heteroatoms. The molecule has 0 rings (SSSR count). The Balaban J connectivity index is -0.0000000208. The summed E-state index contributed by atoms with van der Waals surface area (Å²) in [6, 6.07) is 0. The van der Waals surface area contributed by atoms with Crippen LogP contribution in [0.5, 0.6) is 0 Å². The molecule has 0 amide bonds. The molecule has 0 unspecified atom stereocenters. The van der Waals surface area contributed by atoms with Crippen LogP contribution in [0.1, 0.15) is 16.7 Å². The van der Waals surface area contributed by atoms with Gasteiger partial charge in [-0.1, -0.05) is 0 Å². The Kier molecular flexibility index (Phi) is 20.1. The summed E-state index contributed by atoms with van der Waals surface area (Å²) in [4.78, 5) is 9.82. The van der Waals surface area contributed by atoms with Gasteiger partial charge in [0, 0.05) is 6.92 Å². The Morgan fingerprint density at radius 3 is 2.12 bits per heavy atom. The third-order valence-corrected chi connectivity index (χ3v) is 0.348. The van der Waals surface area contributed by atoms with Crippen LogP contribution in [0.4, 0.5) is 0 Å². The number of hydrogen-bond donors (Lipinski definition) is 0. The molecule has 0 aliphatic heterocycles. The number of rotatable bonds is 1. The first-order valence-corrected chi connectivity index (χ1v) is 1.90. The van der Waals surface area contributed by atoms with Crippen LogP contribution in [0, 0.1) is 0 Å². The Morgan fingerprint density at radius 2 is 2.12 bits per heavy atom. The van der Waals surface area contributed by atoms with Crippen LogP contribution in [0.25, 0.3) is 0 Å². The fourth-order valence-corrected chi connectivity index (χ4v) is 0.203. The molecule has 2 N–H and O–H groups in total. The SMILES string of the molecule is CCOC(C)=O.O.[H-].[H-].[Mg+2]. The van der Waals surface area contributed by atoms with Crippen LogP contribution in [-0.2, 0) is 9.53 Å². The molecule has 0 aromatic heterocycles. The maximum Gasteiger partial charge on any atom is 2.00 e. The third kappa shape index (κ3) is 16.4. The first kappa shape index (κ1) is 15.7. The summed E-state index contributed by atoms with van der Waals surface area (Å²) < 4.78 is 4.40. The molecule has 0 radical (unpaired) electrons. The molecule has 0 saturated carbocycles. The molecule has 0 aromatic carbocycles. The van der Waals surface area contributed by atoms with Crippen molar-refractivity contribution in [3.05, 3.63) is 0 Å². The normalized spacial score (nSPS) is 5.75. The number of hydrogen-bond acceptors (Lipinski definition) is 2. The molecule has 0 aliphatic rings. The van der Waals surface area contributed by atoms with Crippen LogP contribution in [0.3, 0.4) is 0 Å². The van der Waals surface area contributed by atoms with Gasteiger partial charge >= 0.3 is 29.0 Å². The Labute approximate surface area is 67.8 Å². The van der Waals surface area contributed by atoms with Gasteiger partial charge < -0.3 is 13.1 Å². The van der Waals surface area contributed by atoms with Crippen LogP contribution in [0.2, 0.25) is 0 Å². The van der Waals surface area contributed by atoms with Gasteiger partial charge in [-0.05, 0) is 6.92 Å². The average molecular weight is 132 g/mol. The van der Waals surface area contributed by atoms with Crippen LogP contribution >= 0.6 is 0 Å². The van der Waals surface area contributed by atoms with Crippen LogP contribution in [-0.4, -0.2) is 41.1 Å². The standard InChI is InChI=1S/C4H8O2.Mg.H2O.2H/c1-3-6-4(2)5;;;;/h3H2,1-2H3;;1H2;;/q;+2;;2*-1. The zero-order valence-electron chi connectivity index (χ0n) is 7.23. The van der Waals surface area contributed by atoms with E-state index in [9.17, 15) is 4.79 Å². The first-order valence-electron chi connectivity index (χ1n) is 1.90. The van der Waals surface area contributed by atoms with Crippen molar-refractivity contribution in [2.24, 2.45) is 0 Å². The van der Waals surface area contributed by atoms with Gasteiger partial charge in [-0.2, -0.15) is 0 Å². The van der Waals surface area contributed by atoms with Gasteiger partial charge in [0.25, 0.3) is 0 Å². The summed E-state index contributed by atoms with van der Waals surface area (Å²) in [5.74, 6) is -0.211. The molecule has 0 saturated heterocycles. The molecule has 0 atom stereocenters. The van der Waals surface area contributed by atoms with E-state index in [0.717, 1.165) is 0 Å².